The Morgan fingerprint density at radius 2 is 2.27 bits per heavy atom. The standard InChI is InChI=1S/C8H8O3/c1-4-7(8(9)10)5-2-3-6(5)11-4/h2-3H2,1H3,(H,9,10). The molecule has 11 heavy (non-hydrogen) atoms. The molecule has 3 heteroatoms. The van der Waals surface area contributed by atoms with Crippen LogP contribution in [0.3, 0.4) is 0 Å². The van der Waals surface area contributed by atoms with E-state index in [1.165, 1.54) is 0 Å². The molecule has 0 unspecified atom stereocenters. The lowest BCUT2D eigenvalue weighted by molar-refractivity contribution is 0.0694. The smallest absolute Gasteiger partial charge is 0.339 e. The third-order valence-electron chi connectivity index (χ3n) is 2.08. The maximum atomic E-state index is 10.6. The van der Waals surface area contributed by atoms with Crippen LogP contribution in [0, 0.1) is 6.92 Å². The van der Waals surface area contributed by atoms with Crippen LogP contribution in [0.25, 0.3) is 0 Å². The Morgan fingerprint density at radius 3 is 2.55 bits per heavy atom. The summed E-state index contributed by atoms with van der Waals surface area (Å²) in [7, 11) is 0. The zero-order chi connectivity index (χ0) is 8.01. The minimum absolute atomic E-state index is 0.381. The van der Waals surface area contributed by atoms with Crippen molar-refractivity contribution in [1.82, 2.24) is 0 Å². The second kappa shape index (κ2) is 1.87. The Balaban J connectivity index is 2.61. The minimum atomic E-state index is -0.868. The quantitative estimate of drug-likeness (QED) is 0.661. The van der Waals surface area contributed by atoms with Crippen molar-refractivity contribution in [3.63, 3.8) is 0 Å². The van der Waals surface area contributed by atoms with Crippen molar-refractivity contribution in [1.29, 1.82) is 0 Å². The molecule has 0 aromatic carbocycles. The fourth-order valence-electron chi connectivity index (χ4n) is 1.46. The average Bonchev–Trinajstić information content (AvgIpc) is 2.10. The molecule has 1 N–H and O–H groups in total. The Labute approximate surface area is 63.6 Å². The lowest BCUT2D eigenvalue weighted by Crippen LogP contribution is -2.10. The van der Waals surface area contributed by atoms with Gasteiger partial charge in [0, 0.05) is 12.0 Å². The first kappa shape index (κ1) is 6.46. The van der Waals surface area contributed by atoms with E-state index in [4.69, 9.17) is 9.52 Å². The van der Waals surface area contributed by atoms with Crippen LogP contribution in [0.1, 0.15) is 27.4 Å². The van der Waals surface area contributed by atoms with Crippen molar-refractivity contribution in [2.45, 2.75) is 19.8 Å². The number of carboxylic acids is 1. The van der Waals surface area contributed by atoms with Gasteiger partial charge in [0.1, 0.15) is 17.1 Å². The van der Waals surface area contributed by atoms with Crippen LogP contribution in [0.2, 0.25) is 0 Å². The van der Waals surface area contributed by atoms with Gasteiger partial charge in [0.2, 0.25) is 0 Å². The van der Waals surface area contributed by atoms with E-state index in [-0.39, 0.29) is 0 Å². The van der Waals surface area contributed by atoms with Crippen LogP contribution in [0.5, 0.6) is 0 Å². The second-order valence-electron chi connectivity index (χ2n) is 2.74. The first-order chi connectivity index (χ1) is 5.20. The number of hydrogen-bond donors (Lipinski definition) is 1. The van der Waals surface area contributed by atoms with Gasteiger partial charge in [-0.15, -0.1) is 0 Å². The summed E-state index contributed by atoms with van der Waals surface area (Å²) < 4.78 is 5.21. The van der Waals surface area contributed by atoms with Crippen LogP contribution >= 0.6 is 0 Å². The number of aryl methyl sites for hydroxylation is 2. The molecule has 1 aromatic rings. The molecule has 1 heterocycles. The highest BCUT2D eigenvalue weighted by Crippen LogP contribution is 2.31. The van der Waals surface area contributed by atoms with Gasteiger partial charge in [0.05, 0.1) is 0 Å². The van der Waals surface area contributed by atoms with Gasteiger partial charge in [-0.3, -0.25) is 0 Å². The lowest BCUT2D eigenvalue weighted by atomic mass is 9.93. The van der Waals surface area contributed by atoms with E-state index in [1.807, 2.05) is 0 Å². The Bertz CT molecular complexity index is 322. The molecule has 3 nitrogen and oxygen atoms in total. The molecule has 0 saturated heterocycles. The molecule has 0 bridgehead atoms. The molecule has 1 aromatic heterocycles. The molecular weight excluding hydrogens is 144 g/mol. The molecule has 58 valence electrons. The summed E-state index contributed by atoms with van der Waals surface area (Å²) >= 11 is 0. The van der Waals surface area contributed by atoms with E-state index >= 15 is 0 Å². The van der Waals surface area contributed by atoms with E-state index in [9.17, 15) is 4.79 Å². The summed E-state index contributed by atoms with van der Waals surface area (Å²) in [6, 6.07) is 0. The van der Waals surface area contributed by atoms with Gasteiger partial charge in [-0.1, -0.05) is 0 Å². The van der Waals surface area contributed by atoms with E-state index in [0.717, 1.165) is 24.2 Å². The fourth-order valence-corrected chi connectivity index (χ4v) is 1.46. The summed E-state index contributed by atoms with van der Waals surface area (Å²) in [6.07, 6.45) is 1.75. The third kappa shape index (κ3) is 0.707. The highest BCUT2D eigenvalue weighted by atomic mass is 16.4. The topological polar surface area (TPSA) is 50.4 Å². The van der Waals surface area contributed by atoms with Crippen molar-refractivity contribution in [3.8, 4) is 0 Å². The van der Waals surface area contributed by atoms with E-state index in [0.29, 0.717) is 11.3 Å². The number of rotatable bonds is 1. The Kier molecular flexibility index (Phi) is 1.10. The zero-order valence-electron chi connectivity index (χ0n) is 6.18. The number of hydrogen-bond acceptors (Lipinski definition) is 2. The molecule has 0 atom stereocenters. The number of furan rings is 1. The van der Waals surface area contributed by atoms with Crippen molar-refractivity contribution in [2.24, 2.45) is 0 Å². The summed E-state index contributed by atoms with van der Waals surface area (Å²) in [4.78, 5) is 10.6. The maximum absolute atomic E-state index is 10.6. The maximum Gasteiger partial charge on any atom is 0.339 e. The van der Waals surface area contributed by atoms with Gasteiger partial charge < -0.3 is 9.52 Å². The van der Waals surface area contributed by atoms with Crippen molar-refractivity contribution in [2.75, 3.05) is 0 Å². The van der Waals surface area contributed by atoms with Gasteiger partial charge in [-0.05, 0) is 13.3 Å². The highest BCUT2D eigenvalue weighted by Gasteiger charge is 2.28. The van der Waals surface area contributed by atoms with Crippen LogP contribution in [0.15, 0.2) is 4.42 Å². The lowest BCUT2D eigenvalue weighted by Gasteiger charge is -2.09. The van der Waals surface area contributed by atoms with E-state index in [2.05, 4.69) is 0 Å². The molecule has 0 saturated carbocycles. The first-order valence-electron chi connectivity index (χ1n) is 3.54. The summed E-state index contributed by atoms with van der Waals surface area (Å²) in [6.45, 7) is 1.70. The molecule has 0 aliphatic heterocycles. The van der Waals surface area contributed by atoms with Crippen LogP contribution in [0.4, 0.5) is 0 Å². The zero-order valence-corrected chi connectivity index (χ0v) is 6.18. The molecule has 0 spiro atoms. The Morgan fingerprint density at radius 1 is 1.55 bits per heavy atom. The third-order valence-corrected chi connectivity index (χ3v) is 2.08. The van der Waals surface area contributed by atoms with Gasteiger partial charge in [0.15, 0.2) is 0 Å². The van der Waals surface area contributed by atoms with Crippen molar-refractivity contribution < 1.29 is 14.3 Å². The molecule has 1 aliphatic rings. The molecule has 1 aliphatic carbocycles. The predicted molar refractivity (Wildman–Crippen MR) is 37.8 cm³/mol. The summed E-state index contributed by atoms with van der Waals surface area (Å²) in [5.41, 5.74) is 1.28. The first-order valence-corrected chi connectivity index (χ1v) is 3.54. The largest absolute Gasteiger partial charge is 0.478 e. The highest BCUT2D eigenvalue weighted by molar-refractivity contribution is 5.91. The molecule has 0 radical (unpaired) electrons. The minimum Gasteiger partial charge on any atom is -0.478 e. The fraction of sp³-hybridized carbons (Fsp3) is 0.375. The van der Waals surface area contributed by atoms with Crippen molar-refractivity contribution >= 4 is 5.97 Å². The van der Waals surface area contributed by atoms with Crippen molar-refractivity contribution in [3.05, 3.63) is 22.6 Å². The van der Waals surface area contributed by atoms with Crippen LogP contribution in [-0.2, 0) is 12.8 Å². The molecule has 0 amide bonds. The van der Waals surface area contributed by atoms with E-state index < -0.39 is 5.97 Å². The van der Waals surface area contributed by atoms with Gasteiger partial charge in [-0.2, -0.15) is 0 Å². The Hall–Kier alpha value is -1.25. The number of carboxylic acid groups (broad SMARTS) is 1. The monoisotopic (exact) mass is 152 g/mol. The molecule has 0 fully saturated rings. The normalized spacial score (nSPS) is 13.9. The second-order valence-corrected chi connectivity index (χ2v) is 2.74. The summed E-state index contributed by atoms with van der Waals surface area (Å²) in [5, 5.41) is 8.73. The summed E-state index contributed by atoms with van der Waals surface area (Å²) in [5.74, 6) is 0.534. The van der Waals surface area contributed by atoms with Gasteiger partial charge in [-0.25, -0.2) is 4.79 Å². The van der Waals surface area contributed by atoms with E-state index in [1.54, 1.807) is 6.92 Å². The van der Waals surface area contributed by atoms with Crippen LogP contribution < -0.4 is 0 Å². The molecular formula is C8H8O3. The van der Waals surface area contributed by atoms with Crippen LogP contribution in [-0.4, -0.2) is 11.1 Å². The molecule has 2 rings (SSSR count). The average molecular weight is 152 g/mol. The predicted octanol–water partition coefficient (Wildman–Crippen LogP) is 1.38. The number of fused-ring (bicyclic) bond motifs is 1. The number of aromatic carboxylic acids is 1. The number of carbonyl (C=O) groups is 1. The van der Waals surface area contributed by atoms with Gasteiger partial charge >= 0.3 is 5.97 Å². The SMILES string of the molecule is Cc1oc2c(c1C(=O)O)CC2. The van der Waals surface area contributed by atoms with Gasteiger partial charge in [0.25, 0.3) is 0 Å².